The van der Waals surface area contributed by atoms with Crippen LogP contribution in [-0.2, 0) is 17.8 Å². The highest BCUT2D eigenvalue weighted by molar-refractivity contribution is 5.74. The quantitative estimate of drug-likeness (QED) is 0.877. The van der Waals surface area contributed by atoms with Crippen LogP contribution in [0.15, 0.2) is 18.3 Å². The lowest BCUT2D eigenvalue weighted by atomic mass is 10.1. The molecule has 1 fully saturated rings. The van der Waals surface area contributed by atoms with E-state index in [0.717, 1.165) is 18.7 Å². The van der Waals surface area contributed by atoms with E-state index in [0.29, 0.717) is 19.0 Å². The Bertz CT molecular complexity index is 459. The van der Waals surface area contributed by atoms with E-state index >= 15 is 0 Å². The molecule has 0 aliphatic carbocycles. The van der Waals surface area contributed by atoms with E-state index in [9.17, 15) is 9.90 Å². The summed E-state index contributed by atoms with van der Waals surface area (Å²) in [5.74, 6) is -0.737. The number of pyridine rings is 1. The molecule has 0 aromatic carbocycles. The molecule has 20 heavy (non-hydrogen) atoms. The third-order valence-corrected chi connectivity index (χ3v) is 4.06. The third kappa shape index (κ3) is 3.35. The summed E-state index contributed by atoms with van der Waals surface area (Å²) in [6.07, 6.45) is 3.53. The van der Waals surface area contributed by atoms with Gasteiger partial charge in [-0.2, -0.15) is 0 Å². The second-order valence-electron chi connectivity index (χ2n) is 5.65. The Morgan fingerprint density at radius 1 is 1.50 bits per heavy atom. The van der Waals surface area contributed by atoms with Crippen LogP contribution in [0.5, 0.6) is 0 Å². The third-order valence-electron chi connectivity index (χ3n) is 4.06. The number of aromatic nitrogens is 1. The molecule has 1 aliphatic rings. The maximum absolute atomic E-state index is 11.4. The number of hydrogen-bond acceptors (Lipinski definition) is 4. The van der Waals surface area contributed by atoms with Gasteiger partial charge in [0, 0.05) is 25.3 Å². The number of rotatable bonds is 5. The molecule has 0 spiro atoms. The summed E-state index contributed by atoms with van der Waals surface area (Å²) in [6, 6.07) is 3.96. The fraction of sp³-hybridized carbons (Fsp3) is 0.600. The zero-order chi connectivity index (χ0) is 14.7. The van der Waals surface area contributed by atoms with Crippen LogP contribution in [0.2, 0.25) is 0 Å². The second-order valence-corrected chi connectivity index (χ2v) is 5.65. The van der Waals surface area contributed by atoms with Crippen molar-refractivity contribution in [2.75, 3.05) is 20.6 Å². The largest absolute Gasteiger partial charge is 0.480 e. The number of hydrogen-bond donors (Lipinski definition) is 1. The lowest BCUT2D eigenvalue weighted by molar-refractivity contribution is -0.142. The van der Waals surface area contributed by atoms with Crippen LogP contribution in [0.3, 0.4) is 0 Å². The van der Waals surface area contributed by atoms with Crippen molar-refractivity contribution < 1.29 is 9.90 Å². The maximum atomic E-state index is 11.4. The van der Waals surface area contributed by atoms with E-state index in [1.807, 2.05) is 31.3 Å². The summed E-state index contributed by atoms with van der Waals surface area (Å²) in [7, 11) is 4.00. The minimum absolute atomic E-state index is 0.297. The monoisotopic (exact) mass is 277 g/mol. The molecular weight excluding hydrogens is 254 g/mol. The maximum Gasteiger partial charge on any atom is 0.320 e. The molecule has 0 amide bonds. The number of carboxylic acid groups (broad SMARTS) is 1. The van der Waals surface area contributed by atoms with E-state index < -0.39 is 12.0 Å². The molecule has 2 heterocycles. The molecular formula is C15H23N3O2. The van der Waals surface area contributed by atoms with Crippen molar-refractivity contribution in [2.24, 2.45) is 0 Å². The standard InChI is InChI=1S/C15H23N3O2/c1-4-11-5-6-12(16-8-11)9-18-10-13(17(2)3)7-14(18)15(19)20/h5-6,8,13-14H,4,7,9-10H2,1-3H3,(H,19,20)/t13-,14+/m1/s1. The van der Waals surface area contributed by atoms with E-state index in [-0.39, 0.29) is 0 Å². The van der Waals surface area contributed by atoms with E-state index in [4.69, 9.17) is 0 Å². The molecule has 2 rings (SSSR count). The molecule has 1 aromatic rings. The van der Waals surface area contributed by atoms with Crippen molar-refractivity contribution in [3.63, 3.8) is 0 Å². The lowest BCUT2D eigenvalue weighted by Gasteiger charge is -2.21. The number of aryl methyl sites for hydroxylation is 1. The normalized spacial score (nSPS) is 23.4. The first-order valence-corrected chi connectivity index (χ1v) is 7.08. The predicted octanol–water partition coefficient (Wildman–Crippen LogP) is 1.23. The Labute approximate surface area is 120 Å². The Morgan fingerprint density at radius 3 is 2.75 bits per heavy atom. The van der Waals surface area contributed by atoms with Gasteiger partial charge in [0.05, 0.1) is 5.69 Å². The summed E-state index contributed by atoms with van der Waals surface area (Å²) in [5, 5.41) is 9.36. The van der Waals surface area contributed by atoms with Crippen molar-refractivity contribution in [2.45, 2.75) is 38.4 Å². The van der Waals surface area contributed by atoms with Gasteiger partial charge in [-0.3, -0.25) is 14.7 Å². The number of carbonyl (C=O) groups is 1. The first kappa shape index (κ1) is 14.9. The topological polar surface area (TPSA) is 56.7 Å². The van der Waals surface area contributed by atoms with Gasteiger partial charge in [0.2, 0.25) is 0 Å². The van der Waals surface area contributed by atoms with Crippen LogP contribution < -0.4 is 0 Å². The van der Waals surface area contributed by atoms with Crippen molar-refractivity contribution in [1.29, 1.82) is 0 Å². The number of aliphatic carboxylic acids is 1. The highest BCUT2D eigenvalue weighted by atomic mass is 16.4. The number of nitrogens with zero attached hydrogens (tertiary/aromatic N) is 3. The van der Waals surface area contributed by atoms with Crippen molar-refractivity contribution in [3.8, 4) is 0 Å². The number of likely N-dealkylation sites (N-methyl/N-ethyl adjacent to an activating group) is 1. The summed E-state index contributed by atoms with van der Waals surface area (Å²) in [4.78, 5) is 19.9. The smallest absolute Gasteiger partial charge is 0.320 e. The van der Waals surface area contributed by atoms with Gasteiger partial charge in [0.1, 0.15) is 6.04 Å². The highest BCUT2D eigenvalue weighted by Crippen LogP contribution is 2.23. The first-order chi connectivity index (χ1) is 9.51. The van der Waals surface area contributed by atoms with Gasteiger partial charge in [0.25, 0.3) is 0 Å². The molecule has 2 atom stereocenters. The molecule has 5 heteroatoms. The van der Waals surface area contributed by atoms with Gasteiger partial charge in [-0.1, -0.05) is 13.0 Å². The first-order valence-electron chi connectivity index (χ1n) is 7.08. The van der Waals surface area contributed by atoms with Crippen LogP contribution in [0, 0.1) is 0 Å². The van der Waals surface area contributed by atoms with Gasteiger partial charge in [-0.05, 0) is 38.6 Å². The van der Waals surface area contributed by atoms with Crippen LogP contribution in [-0.4, -0.2) is 58.6 Å². The summed E-state index contributed by atoms with van der Waals surface area (Å²) < 4.78 is 0. The molecule has 5 nitrogen and oxygen atoms in total. The molecule has 0 bridgehead atoms. The van der Waals surface area contributed by atoms with Gasteiger partial charge in [-0.15, -0.1) is 0 Å². The molecule has 0 radical (unpaired) electrons. The van der Waals surface area contributed by atoms with Crippen molar-refractivity contribution in [1.82, 2.24) is 14.8 Å². The summed E-state index contributed by atoms with van der Waals surface area (Å²) in [5.41, 5.74) is 2.14. The zero-order valence-electron chi connectivity index (χ0n) is 12.4. The fourth-order valence-corrected chi connectivity index (χ4v) is 2.65. The average molecular weight is 277 g/mol. The van der Waals surface area contributed by atoms with Crippen molar-refractivity contribution >= 4 is 5.97 Å². The van der Waals surface area contributed by atoms with Crippen LogP contribution >= 0.6 is 0 Å². The molecule has 1 N–H and O–H groups in total. The minimum Gasteiger partial charge on any atom is -0.480 e. The Hall–Kier alpha value is -1.46. The number of likely N-dealkylation sites (tertiary alicyclic amines) is 1. The molecule has 0 unspecified atom stereocenters. The Morgan fingerprint density at radius 2 is 2.25 bits per heavy atom. The molecule has 1 aliphatic heterocycles. The Kier molecular flexibility index (Phi) is 4.73. The van der Waals surface area contributed by atoms with E-state index in [1.54, 1.807) is 0 Å². The van der Waals surface area contributed by atoms with Gasteiger partial charge in [-0.25, -0.2) is 0 Å². The highest BCUT2D eigenvalue weighted by Gasteiger charge is 2.37. The summed E-state index contributed by atoms with van der Waals surface area (Å²) in [6.45, 7) is 3.48. The fourth-order valence-electron chi connectivity index (χ4n) is 2.65. The molecule has 1 aromatic heterocycles. The number of carboxylic acids is 1. The van der Waals surface area contributed by atoms with Gasteiger partial charge < -0.3 is 10.0 Å². The zero-order valence-corrected chi connectivity index (χ0v) is 12.4. The van der Waals surface area contributed by atoms with E-state index in [2.05, 4.69) is 22.9 Å². The van der Waals surface area contributed by atoms with Crippen LogP contribution in [0.4, 0.5) is 0 Å². The van der Waals surface area contributed by atoms with Crippen molar-refractivity contribution in [3.05, 3.63) is 29.6 Å². The summed E-state index contributed by atoms with van der Waals surface area (Å²) >= 11 is 0. The second kappa shape index (κ2) is 6.33. The molecule has 0 saturated carbocycles. The van der Waals surface area contributed by atoms with E-state index in [1.165, 1.54) is 5.56 Å². The SMILES string of the molecule is CCc1ccc(CN2C[C@H](N(C)C)C[C@H]2C(=O)O)nc1. The van der Waals surface area contributed by atoms with Gasteiger partial charge in [0.15, 0.2) is 0 Å². The van der Waals surface area contributed by atoms with Gasteiger partial charge >= 0.3 is 5.97 Å². The average Bonchev–Trinajstić information content (AvgIpc) is 2.84. The van der Waals surface area contributed by atoms with Crippen LogP contribution in [0.1, 0.15) is 24.6 Å². The Balaban J connectivity index is 2.07. The lowest BCUT2D eigenvalue weighted by Crippen LogP contribution is -2.36. The van der Waals surface area contributed by atoms with Crippen LogP contribution in [0.25, 0.3) is 0 Å². The molecule has 1 saturated heterocycles. The molecule has 110 valence electrons. The predicted molar refractivity (Wildman–Crippen MR) is 77.5 cm³/mol. The minimum atomic E-state index is -0.737.